The molecule has 0 bridgehead atoms. The highest BCUT2D eigenvalue weighted by atomic mass is 35.5. The van der Waals surface area contributed by atoms with Crippen LogP contribution in [0.3, 0.4) is 0 Å². The molecule has 6 rings (SSSR count). The first kappa shape index (κ1) is 40.0. The predicted octanol–water partition coefficient (Wildman–Crippen LogP) is 8.42. The number of rotatable bonds is 13. The Kier molecular flexibility index (Phi) is 12.4. The average Bonchev–Trinajstić information content (AvgIpc) is 3.71. The van der Waals surface area contributed by atoms with Crippen molar-refractivity contribution in [3.63, 3.8) is 0 Å². The number of methoxy groups -OCH3 is 2. The second-order valence-corrected chi connectivity index (χ2v) is 15.6. The molecule has 55 heavy (non-hydrogen) atoms. The summed E-state index contributed by atoms with van der Waals surface area (Å²) in [6.45, 7) is 9.44. The quantitative estimate of drug-likeness (QED) is 0.122. The number of amides is 2. The summed E-state index contributed by atoms with van der Waals surface area (Å²) in [4.78, 5) is 36.3. The van der Waals surface area contributed by atoms with Gasteiger partial charge < -0.3 is 34.3 Å². The Balaban J connectivity index is 1.27. The molecule has 1 aliphatic heterocycles. The highest BCUT2D eigenvalue weighted by Gasteiger charge is 2.29. The molecule has 4 heterocycles. The zero-order valence-corrected chi connectivity index (χ0v) is 33.8. The topological polar surface area (TPSA) is 120 Å². The number of pyridine rings is 2. The Morgan fingerprint density at radius 3 is 2.53 bits per heavy atom. The first-order valence-corrected chi connectivity index (χ1v) is 19.1. The summed E-state index contributed by atoms with van der Waals surface area (Å²) in [5.74, 6) is 0.313. The molecule has 13 heteroatoms. The van der Waals surface area contributed by atoms with E-state index in [2.05, 4.69) is 33.5 Å². The molecule has 1 saturated heterocycles. The van der Waals surface area contributed by atoms with E-state index in [1.54, 1.807) is 18.2 Å². The van der Waals surface area contributed by atoms with E-state index in [-0.39, 0.29) is 24.6 Å². The molecule has 2 N–H and O–H groups in total. The van der Waals surface area contributed by atoms with Gasteiger partial charge in [0.05, 0.1) is 41.2 Å². The number of hydrogen-bond donors (Lipinski definition) is 2. The molecule has 0 spiro atoms. The number of hydrogen-bond acceptors (Lipinski definition) is 8. The van der Waals surface area contributed by atoms with Crippen LogP contribution in [0.25, 0.3) is 44.5 Å². The number of carbonyl (C=O) groups excluding carboxylic acids is 2. The van der Waals surface area contributed by atoms with Gasteiger partial charge in [-0.3, -0.25) is 9.78 Å². The molecule has 0 aliphatic carbocycles. The van der Waals surface area contributed by atoms with E-state index in [1.807, 2.05) is 77.2 Å². The van der Waals surface area contributed by atoms with Crippen molar-refractivity contribution in [2.45, 2.75) is 71.4 Å². The fourth-order valence-electron chi connectivity index (χ4n) is 6.77. The zero-order chi connectivity index (χ0) is 39.4. The van der Waals surface area contributed by atoms with Crippen molar-refractivity contribution in [2.24, 2.45) is 7.05 Å². The van der Waals surface area contributed by atoms with E-state index in [0.717, 1.165) is 40.7 Å². The number of aromatic nitrogens is 3. The van der Waals surface area contributed by atoms with Gasteiger partial charge in [-0.15, -0.1) is 0 Å². The molecule has 1 fully saturated rings. The Bertz CT molecular complexity index is 2200. The number of halogens is 2. The van der Waals surface area contributed by atoms with Crippen LogP contribution < -0.4 is 15.4 Å². The van der Waals surface area contributed by atoms with Crippen LogP contribution in [-0.4, -0.2) is 76.5 Å². The summed E-state index contributed by atoms with van der Waals surface area (Å²) in [5, 5.41) is 8.51. The van der Waals surface area contributed by atoms with Gasteiger partial charge in [0.15, 0.2) is 0 Å². The minimum atomic E-state index is -0.693. The van der Waals surface area contributed by atoms with Crippen molar-refractivity contribution in [3.05, 3.63) is 88.2 Å². The van der Waals surface area contributed by atoms with Crippen molar-refractivity contribution in [1.29, 1.82) is 0 Å². The summed E-state index contributed by atoms with van der Waals surface area (Å²) in [5.41, 5.74) is 6.51. The van der Waals surface area contributed by atoms with Gasteiger partial charge >= 0.3 is 6.09 Å². The van der Waals surface area contributed by atoms with Crippen molar-refractivity contribution >= 4 is 46.1 Å². The molecule has 11 nitrogen and oxygen atoms in total. The van der Waals surface area contributed by atoms with Crippen molar-refractivity contribution < 1.29 is 23.8 Å². The number of fused-ring (bicyclic) bond motifs is 1. The van der Waals surface area contributed by atoms with E-state index >= 15 is 0 Å². The van der Waals surface area contributed by atoms with Gasteiger partial charge in [-0.25, -0.2) is 9.78 Å². The van der Waals surface area contributed by atoms with Gasteiger partial charge in [0, 0.05) is 97.4 Å². The largest absolute Gasteiger partial charge is 0.481 e. The van der Waals surface area contributed by atoms with Gasteiger partial charge in [-0.2, -0.15) is 0 Å². The molecule has 2 atom stereocenters. The molecule has 2 amide bonds. The number of nitrogens with one attached hydrogen (secondary N) is 2. The lowest BCUT2D eigenvalue weighted by atomic mass is 9.99. The molecule has 5 aromatic rings. The third kappa shape index (κ3) is 9.24. The van der Waals surface area contributed by atoms with Crippen molar-refractivity contribution in [1.82, 2.24) is 30.1 Å². The molecule has 290 valence electrons. The third-order valence-corrected chi connectivity index (χ3v) is 10.4. The van der Waals surface area contributed by atoms with E-state index in [1.165, 1.54) is 12.7 Å². The summed E-state index contributed by atoms with van der Waals surface area (Å²) >= 11 is 14.3. The lowest BCUT2D eigenvalue weighted by Gasteiger charge is -2.29. The Labute approximate surface area is 332 Å². The lowest BCUT2D eigenvalue weighted by Crippen LogP contribution is -2.43. The van der Waals surface area contributed by atoms with Crippen LogP contribution in [0.5, 0.6) is 5.88 Å². The van der Waals surface area contributed by atoms with Crippen LogP contribution in [0.1, 0.15) is 51.7 Å². The summed E-state index contributed by atoms with van der Waals surface area (Å²) < 4.78 is 18.9. The van der Waals surface area contributed by atoms with Crippen LogP contribution in [-0.2, 0) is 34.4 Å². The predicted molar refractivity (Wildman–Crippen MR) is 217 cm³/mol. The smallest absolute Gasteiger partial charge is 0.410 e. The Morgan fingerprint density at radius 1 is 1.05 bits per heavy atom. The SMILES string of the molecule is COc1nc(-c2cccc(-c3ccnc(-c4ccc5c(CNCC(C)OC)cn(C)c5c4)c3Cl)c2Cl)ccc1CN(C[C@@H]1CCC(=O)N1)C(=O)OC(C)(C)C. The molecule has 1 aliphatic rings. The summed E-state index contributed by atoms with van der Waals surface area (Å²) in [7, 11) is 5.29. The van der Waals surface area contributed by atoms with Crippen LogP contribution in [0.2, 0.25) is 10.0 Å². The first-order valence-electron chi connectivity index (χ1n) is 18.3. The maximum Gasteiger partial charge on any atom is 0.410 e. The maximum atomic E-state index is 13.3. The number of benzene rings is 2. The average molecular weight is 788 g/mol. The zero-order valence-electron chi connectivity index (χ0n) is 32.3. The molecule has 0 radical (unpaired) electrons. The number of ether oxygens (including phenoxy) is 3. The summed E-state index contributed by atoms with van der Waals surface area (Å²) in [6, 6.07) is 17.4. The lowest BCUT2D eigenvalue weighted by molar-refractivity contribution is -0.119. The number of aryl methyl sites for hydroxylation is 1. The second kappa shape index (κ2) is 17.0. The van der Waals surface area contributed by atoms with E-state index in [0.29, 0.717) is 57.8 Å². The van der Waals surface area contributed by atoms with Gasteiger partial charge in [0.2, 0.25) is 11.8 Å². The second-order valence-electron chi connectivity index (χ2n) is 14.9. The highest BCUT2D eigenvalue weighted by molar-refractivity contribution is 6.39. The van der Waals surface area contributed by atoms with Crippen LogP contribution in [0.15, 0.2) is 67.0 Å². The number of carbonyl (C=O) groups is 2. The van der Waals surface area contributed by atoms with Gasteiger partial charge in [0.1, 0.15) is 5.60 Å². The normalized spacial score (nSPS) is 14.9. The maximum absolute atomic E-state index is 13.3. The summed E-state index contributed by atoms with van der Waals surface area (Å²) in [6.07, 6.45) is 4.59. The highest BCUT2D eigenvalue weighted by Crippen LogP contribution is 2.42. The third-order valence-electron chi connectivity index (χ3n) is 9.62. The molecular formula is C42H48Cl2N6O5. The van der Waals surface area contributed by atoms with Gasteiger partial charge in [-0.05, 0) is 63.9 Å². The minimum Gasteiger partial charge on any atom is -0.481 e. The Hall–Kier alpha value is -4.68. The van der Waals surface area contributed by atoms with E-state index < -0.39 is 11.7 Å². The fourth-order valence-corrected chi connectivity index (χ4v) is 7.42. The van der Waals surface area contributed by atoms with Crippen LogP contribution in [0, 0.1) is 0 Å². The minimum absolute atomic E-state index is 0.0267. The van der Waals surface area contributed by atoms with Gasteiger partial charge in [-0.1, -0.05) is 53.5 Å². The molecule has 3 aromatic heterocycles. The van der Waals surface area contributed by atoms with E-state index in [9.17, 15) is 9.59 Å². The molecule has 0 saturated carbocycles. The standard InChI is InChI=1S/C42H48Cl2N6O5/c1-25(53-6)20-45-21-28-22-49(5)35-19-26(11-14-30(28)35)39-38(44)32(17-18-46-39)31-9-8-10-33(37(31)43)34-15-12-27(40(48-34)54-7)23-50(41(52)55-42(2,3)4)24-29-13-16-36(51)47-29/h8-12,14-15,17-19,22,25,29,45H,13,16,20-21,23-24H2,1-7H3,(H,47,51)/t25?,29-/m0/s1. The van der Waals surface area contributed by atoms with Crippen LogP contribution >= 0.6 is 23.2 Å². The van der Waals surface area contributed by atoms with Gasteiger partial charge in [0.25, 0.3) is 0 Å². The van der Waals surface area contributed by atoms with E-state index in [4.69, 9.17) is 47.4 Å². The monoisotopic (exact) mass is 786 g/mol. The Morgan fingerprint density at radius 2 is 1.82 bits per heavy atom. The van der Waals surface area contributed by atoms with Crippen LogP contribution in [0.4, 0.5) is 4.79 Å². The number of nitrogens with zero attached hydrogens (tertiary/aromatic N) is 4. The fraction of sp³-hybridized carbons (Fsp3) is 0.381. The van der Waals surface area contributed by atoms with Crippen molar-refractivity contribution in [3.8, 4) is 39.5 Å². The molecule has 2 aromatic carbocycles. The van der Waals surface area contributed by atoms with Crippen molar-refractivity contribution in [2.75, 3.05) is 27.3 Å². The molecule has 1 unspecified atom stereocenters. The first-order chi connectivity index (χ1) is 26.3. The molecular weight excluding hydrogens is 739 g/mol.